The molecule has 3 rings (SSSR count). The van der Waals surface area contributed by atoms with E-state index in [1.807, 2.05) is 32.0 Å². The predicted molar refractivity (Wildman–Crippen MR) is 150 cm³/mol. The Kier molecular flexibility index (Phi) is 10.3. The second-order valence-electron chi connectivity index (χ2n) is 8.60. The van der Waals surface area contributed by atoms with E-state index in [2.05, 4.69) is 30.0 Å². The van der Waals surface area contributed by atoms with Gasteiger partial charge < -0.3 is 20.3 Å². The lowest BCUT2D eigenvalue weighted by atomic mass is 9.98. The number of anilines is 1. The van der Waals surface area contributed by atoms with E-state index in [0.29, 0.717) is 16.4 Å². The number of ether oxygens (including phenoxy) is 1. The molecule has 0 amide bonds. The molecular weight excluding hydrogens is 460 g/mol. The molecule has 0 saturated carbocycles. The van der Waals surface area contributed by atoms with Crippen molar-refractivity contribution in [1.29, 1.82) is 0 Å². The average Bonchev–Trinajstić information content (AvgIpc) is 2.84. The van der Waals surface area contributed by atoms with Gasteiger partial charge in [-0.25, -0.2) is 0 Å². The number of nitrogens with zero attached hydrogens (tertiary/aromatic N) is 1. The highest BCUT2D eigenvalue weighted by atomic mass is 32.2. The summed E-state index contributed by atoms with van der Waals surface area (Å²) in [7, 11) is -1.08. The molecule has 1 atom stereocenters. The van der Waals surface area contributed by atoms with Crippen molar-refractivity contribution in [1.82, 2.24) is 4.98 Å². The minimum Gasteiger partial charge on any atom is -0.504 e. The Morgan fingerprint density at radius 2 is 1.74 bits per heavy atom. The van der Waals surface area contributed by atoms with Gasteiger partial charge in [-0.15, -0.1) is 0 Å². The summed E-state index contributed by atoms with van der Waals surface area (Å²) in [6, 6.07) is 8.91. The van der Waals surface area contributed by atoms with Crippen LogP contribution in [0.3, 0.4) is 0 Å². The first kappa shape index (κ1) is 28.3. The third-order valence-electron chi connectivity index (χ3n) is 5.87. The number of rotatable bonds is 10. The summed E-state index contributed by atoms with van der Waals surface area (Å²) in [4.78, 5) is 5.14. The second-order valence-corrected chi connectivity index (χ2v) is 11.1. The lowest BCUT2D eigenvalue weighted by Gasteiger charge is -2.21. The Balaban J connectivity index is 0.00000210. The first-order chi connectivity index (χ1) is 16.7. The SMILES string of the molecule is C=S(C)(=O)c1cnc2ccc(-c3cc(O)c(O)c(OC)c3)cc2c1NCC(CCC)CCC.CC. The Bertz CT molecular complexity index is 1230. The zero-order chi connectivity index (χ0) is 26.2. The molecule has 192 valence electrons. The van der Waals surface area contributed by atoms with E-state index in [-0.39, 0.29) is 17.2 Å². The van der Waals surface area contributed by atoms with Crippen molar-refractivity contribution < 1.29 is 19.2 Å². The smallest absolute Gasteiger partial charge is 0.200 e. The molecule has 0 fully saturated rings. The van der Waals surface area contributed by atoms with Crippen LogP contribution in [0.15, 0.2) is 41.4 Å². The molecule has 7 heteroatoms. The average molecular weight is 501 g/mol. The van der Waals surface area contributed by atoms with Crippen LogP contribution in [0.2, 0.25) is 0 Å². The van der Waals surface area contributed by atoms with Gasteiger partial charge in [0.15, 0.2) is 11.5 Å². The fraction of sp³-hybridized carbons (Fsp3) is 0.429. The number of nitrogens with one attached hydrogen (secondary N) is 1. The van der Waals surface area contributed by atoms with Crippen molar-refractivity contribution in [2.45, 2.75) is 58.3 Å². The summed E-state index contributed by atoms with van der Waals surface area (Å²) >= 11 is 0. The number of phenols is 2. The van der Waals surface area contributed by atoms with Gasteiger partial charge in [0.1, 0.15) is 0 Å². The molecule has 1 heterocycles. The highest BCUT2D eigenvalue weighted by molar-refractivity contribution is 7.99. The summed E-state index contributed by atoms with van der Waals surface area (Å²) in [6.07, 6.45) is 7.78. The molecule has 1 aromatic heterocycles. The van der Waals surface area contributed by atoms with E-state index in [9.17, 15) is 14.4 Å². The summed E-state index contributed by atoms with van der Waals surface area (Å²) in [5, 5.41) is 24.5. The van der Waals surface area contributed by atoms with Crippen LogP contribution < -0.4 is 10.1 Å². The normalized spacial score (nSPS) is 12.7. The number of methoxy groups -OCH3 is 1. The Morgan fingerprint density at radius 3 is 2.31 bits per heavy atom. The number of hydrogen-bond donors (Lipinski definition) is 3. The third-order valence-corrected chi connectivity index (χ3v) is 7.11. The van der Waals surface area contributed by atoms with Gasteiger partial charge in [0.2, 0.25) is 5.75 Å². The van der Waals surface area contributed by atoms with E-state index >= 15 is 0 Å². The van der Waals surface area contributed by atoms with E-state index in [1.165, 1.54) is 13.2 Å². The van der Waals surface area contributed by atoms with Crippen molar-refractivity contribution in [3.8, 4) is 28.4 Å². The fourth-order valence-corrected chi connectivity index (χ4v) is 5.08. The molecule has 0 bridgehead atoms. The van der Waals surface area contributed by atoms with Crippen LogP contribution in [0, 0.1) is 5.92 Å². The highest BCUT2D eigenvalue weighted by Gasteiger charge is 2.17. The number of pyridine rings is 1. The maximum Gasteiger partial charge on any atom is 0.200 e. The van der Waals surface area contributed by atoms with Gasteiger partial charge in [-0.2, -0.15) is 0 Å². The van der Waals surface area contributed by atoms with Crippen molar-refractivity contribution in [2.75, 3.05) is 25.2 Å². The molecule has 0 spiro atoms. The second kappa shape index (κ2) is 12.7. The van der Waals surface area contributed by atoms with Crippen molar-refractivity contribution >= 4 is 32.0 Å². The molecule has 1 unspecified atom stereocenters. The highest BCUT2D eigenvalue weighted by Crippen LogP contribution is 2.41. The van der Waals surface area contributed by atoms with Gasteiger partial charge in [0.05, 0.1) is 23.2 Å². The van der Waals surface area contributed by atoms with Gasteiger partial charge in [0, 0.05) is 24.4 Å². The molecule has 2 aromatic carbocycles. The van der Waals surface area contributed by atoms with Crippen LogP contribution in [-0.2, 0) is 9.52 Å². The summed E-state index contributed by atoms with van der Waals surface area (Å²) in [5.74, 6) is 4.06. The Hall–Kier alpha value is -2.93. The minimum absolute atomic E-state index is 0.187. The monoisotopic (exact) mass is 500 g/mol. The van der Waals surface area contributed by atoms with Gasteiger partial charge in [-0.3, -0.25) is 9.19 Å². The molecule has 0 radical (unpaired) electrons. The van der Waals surface area contributed by atoms with Gasteiger partial charge >= 0.3 is 0 Å². The molecule has 6 nitrogen and oxygen atoms in total. The summed E-state index contributed by atoms with van der Waals surface area (Å²) < 4.78 is 18.2. The standard InChI is InChI=1S/C26H34N2O4S.C2H6/c1-6-8-17(9-7-2)15-28-25-20-12-18(19-13-22(29)26(30)23(14-19)32-3)10-11-21(20)27-16-24(25)33(4,5)31;1-2/h10-14,16-17,29-30H,4,6-9,15H2,1-3,5H3,(H,27,28);1-2H3. The molecule has 0 aliphatic heterocycles. The number of benzene rings is 2. The molecule has 0 aliphatic carbocycles. The molecule has 3 N–H and O–H groups in total. The zero-order valence-corrected chi connectivity index (χ0v) is 22.7. The van der Waals surface area contributed by atoms with Crippen LogP contribution in [0.25, 0.3) is 22.0 Å². The number of aromatic nitrogens is 1. The fourth-order valence-electron chi connectivity index (χ4n) is 4.19. The number of aromatic hydroxyl groups is 2. The van der Waals surface area contributed by atoms with Crippen LogP contribution in [-0.4, -0.2) is 45.2 Å². The maximum absolute atomic E-state index is 13.0. The van der Waals surface area contributed by atoms with Gasteiger partial charge in [-0.05, 0) is 69.5 Å². The minimum atomic E-state index is -2.52. The molecule has 0 aliphatic rings. The molecule has 0 saturated heterocycles. The van der Waals surface area contributed by atoms with Gasteiger partial charge in [0.25, 0.3) is 0 Å². The number of fused-ring (bicyclic) bond motifs is 1. The Labute approximate surface area is 210 Å². The van der Waals surface area contributed by atoms with Crippen LogP contribution >= 0.6 is 0 Å². The van der Waals surface area contributed by atoms with Crippen LogP contribution in [0.1, 0.15) is 53.4 Å². The summed E-state index contributed by atoms with van der Waals surface area (Å²) in [5.41, 5.74) is 3.05. The quantitative estimate of drug-likeness (QED) is 0.212. The Morgan fingerprint density at radius 1 is 1.09 bits per heavy atom. The first-order valence-corrected chi connectivity index (χ1v) is 14.4. The zero-order valence-electron chi connectivity index (χ0n) is 21.9. The van der Waals surface area contributed by atoms with Crippen molar-refractivity contribution in [2.24, 2.45) is 5.92 Å². The largest absolute Gasteiger partial charge is 0.504 e. The van der Waals surface area contributed by atoms with Gasteiger partial charge in [-0.1, -0.05) is 46.6 Å². The van der Waals surface area contributed by atoms with Crippen LogP contribution in [0.5, 0.6) is 17.2 Å². The molecule has 3 aromatic rings. The van der Waals surface area contributed by atoms with E-state index in [4.69, 9.17) is 4.74 Å². The van der Waals surface area contributed by atoms with Crippen LogP contribution in [0.4, 0.5) is 5.69 Å². The third kappa shape index (κ3) is 6.82. The van der Waals surface area contributed by atoms with Crippen molar-refractivity contribution in [3.63, 3.8) is 0 Å². The summed E-state index contributed by atoms with van der Waals surface area (Å²) in [6.45, 7) is 9.16. The van der Waals surface area contributed by atoms with E-state index in [1.54, 1.807) is 18.5 Å². The van der Waals surface area contributed by atoms with E-state index in [0.717, 1.165) is 54.4 Å². The maximum atomic E-state index is 13.0. The van der Waals surface area contributed by atoms with Crippen molar-refractivity contribution in [3.05, 3.63) is 36.5 Å². The topological polar surface area (TPSA) is 91.7 Å². The number of phenolic OH excluding ortho intramolecular Hbond substituents is 2. The van der Waals surface area contributed by atoms with E-state index < -0.39 is 9.52 Å². The molecular formula is C28H40N2O4S. The predicted octanol–water partition coefficient (Wildman–Crippen LogP) is 6.68. The lowest BCUT2D eigenvalue weighted by Crippen LogP contribution is -2.16. The molecule has 35 heavy (non-hydrogen) atoms. The number of hydrogen-bond acceptors (Lipinski definition) is 6. The first-order valence-electron chi connectivity index (χ1n) is 12.3. The lowest BCUT2D eigenvalue weighted by molar-refractivity contribution is 0.351.